The number of thiocarbonyl (C=S) groups is 1. The number of carbonyl (C=O) groups excluding carboxylic acids is 1. The number of aromatic nitrogens is 1. The van der Waals surface area contributed by atoms with E-state index in [9.17, 15) is 4.79 Å². The monoisotopic (exact) mass is 475 g/mol. The largest absolute Gasteiger partial charge is 0.436 e. The molecular weight excluding hydrogens is 465 g/mol. The summed E-state index contributed by atoms with van der Waals surface area (Å²) in [5, 5.41) is 6.68. The van der Waals surface area contributed by atoms with E-state index in [0.717, 1.165) is 5.56 Å². The zero-order valence-corrected chi connectivity index (χ0v) is 18.2. The Morgan fingerprint density at radius 2 is 1.80 bits per heavy atom. The summed E-state index contributed by atoms with van der Waals surface area (Å²) in [7, 11) is 0. The van der Waals surface area contributed by atoms with Crippen LogP contribution in [0.1, 0.15) is 10.4 Å². The zero-order chi connectivity index (χ0) is 21.3. The molecule has 0 saturated heterocycles. The molecule has 1 aromatic heterocycles. The SMILES string of the molecule is O=C(NC(=S)Nc1ccc2oc(-c3cccc(Cl)c3)nc2c1)c1cccc(Cl)c1Cl. The number of oxazole rings is 1. The predicted molar refractivity (Wildman–Crippen MR) is 125 cm³/mol. The molecule has 150 valence electrons. The smallest absolute Gasteiger partial charge is 0.258 e. The van der Waals surface area contributed by atoms with Crippen molar-refractivity contribution in [3.05, 3.63) is 81.3 Å². The lowest BCUT2D eigenvalue weighted by Crippen LogP contribution is -2.34. The van der Waals surface area contributed by atoms with Crippen LogP contribution in [0.25, 0.3) is 22.6 Å². The summed E-state index contributed by atoms with van der Waals surface area (Å²) in [5.41, 5.74) is 2.87. The lowest BCUT2D eigenvalue weighted by molar-refractivity contribution is 0.0978. The van der Waals surface area contributed by atoms with Gasteiger partial charge in [0.15, 0.2) is 10.7 Å². The van der Waals surface area contributed by atoms with Gasteiger partial charge in [-0.3, -0.25) is 10.1 Å². The van der Waals surface area contributed by atoms with Gasteiger partial charge in [0.1, 0.15) is 5.52 Å². The second kappa shape index (κ2) is 8.62. The summed E-state index contributed by atoms with van der Waals surface area (Å²) < 4.78 is 5.79. The molecule has 0 aliphatic carbocycles. The molecule has 5 nitrogen and oxygen atoms in total. The summed E-state index contributed by atoms with van der Waals surface area (Å²) in [6, 6.07) is 17.3. The number of nitrogens with one attached hydrogen (secondary N) is 2. The maximum Gasteiger partial charge on any atom is 0.258 e. The molecule has 4 aromatic rings. The predicted octanol–water partition coefficient (Wildman–Crippen LogP) is 6.58. The topological polar surface area (TPSA) is 67.2 Å². The molecule has 0 bridgehead atoms. The Labute approximate surface area is 192 Å². The van der Waals surface area contributed by atoms with Crippen LogP contribution in [0.2, 0.25) is 15.1 Å². The maximum atomic E-state index is 12.4. The van der Waals surface area contributed by atoms with Crippen molar-refractivity contribution in [3.63, 3.8) is 0 Å². The van der Waals surface area contributed by atoms with E-state index in [1.807, 2.05) is 12.1 Å². The number of anilines is 1. The summed E-state index contributed by atoms with van der Waals surface area (Å²) >= 11 is 23.3. The van der Waals surface area contributed by atoms with Gasteiger partial charge in [-0.15, -0.1) is 0 Å². The fraction of sp³-hybridized carbons (Fsp3) is 0. The van der Waals surface area contributed by atoms with E-state index in [1.54, 1.807) is 48.5 Å². The fourth-order valence-corrected chi connectivity index (χ4v) is 3.55. The van der Waals surface area contributed by atoms with Crippen LogP contribution >= 0.6 is 47.0 Å². The Bertz CT molecular complexity index is 1290. The van der Waals surface area contributed by atoms with Gasteiger partial charge in [0.2, 0.25) is 5.89 Å². The number of amides is 1. The number of rotatable bonds is 3. The summed E-state index contributed by atoms with van der Waals surface area (Å²) in [6.07, 6.45) is 0. The van der Waals surface area contributed by atoms with Crippen molar-refractivity contribution in [1.29, 1.82) is 0 Å². The van der Waals surface area contributed by atoms with Crippen LogP contribution in [0.15, 0.2) is 65.1 Å². The van der Waals surface area contributed by atoms with Crippen molar-refractivity contribution in [2.75, 3.05) is 5.32 Å². The molecule has 2 N–H and O–H groups in total. The second-order valence-electron chi connectivity index (χ2n) is 6.22. The number of hydrogen-bond acceptors (Lipinski definition) is 4. The van der Waals surface area contributed by atoms with Gasteiger partial charge in [-0.1, -0.05) is 46.9 Å². The molecule has 0 aliphatic rings. The van der Waals surface area contributed by atoms with Crippen LogP contribution in [0.5, 0.6) is 0 Å². The summed E-state index contributed by atoms with van der Waals surface area (Å²) in [6.45, 7) is 0. The first-order chi connectivity index (χ1) is 14.4. The Morgan fingerprint density at radius 1 is 1.00 bits per heavy atom. The Kier molecular flexibility index (Phi) is 5.92. The van der Waals surface area contributed by atoms with E-state index in [2.05, 4.69) is 15.6 Å². The average Bonchev–Trinajstić information content (AvgIpc) is 3.13. The molecule has 0 fully saturated rings. The van der Waals surface area contributed by atoms with E-state index in [0.29, 0.717) is 27.7 Å². The number of fused-ring (bicyclic) bond motifs is 1. The van der Waals surface area contributed by atoms with Crippen LogP contribution in [0.4, 0.5) is 5.69 Å². The average molecular weight is 477 g/mol. The Balaban J connectivity index is 1.50. The molecule has 0 unspecified atom stereocenters. The normalized spacial score (nSPS) is 10.8. The van der Waals surface area contributed by atoms with Gasteiger partial charge in [0.05, 0.1) is 15.6 Å². The minimum Gasteiger partial charge on any atom is -0.436 e. The number of hydrogen-bond donors (Lipinski definition) is 2. The molecule has 9 heteroatoms. The van der Waals surface area contributed by atoms with Gasteiger partial charge in [0.25, 0.3) is 5.91 Å². The van der Waals surface area contributed by atoms with Gasteiger partial charge in [-0.2, -0.15) is 0 Å². The van der Waals surface area contributed by atoms with Crippen molar-refractivity contribution in [1.82, 2.24) is 10.3 Å². The lowest BCUT2D eigenvalue weighted by atomic mass is 10.2. The first kappa shape index (κ1) is 20.6. The van der Waals surface area contributed by atoms with E-state index in [-0.39, 0.29) is 20.7 Å². The number of halogens is 3. The minimum atomic E-state index is -0.467. The molecule has 30 heavy (non-hydrogen) atoms. The van der Waals surface area contributed by atoms with Crippen LogP contribution in [0.3, 0.4) is 0 Å². The molecule has 4 rings (SSSR count). The van der Waals surface area contributed by atoms with Gasteiger partial charge in [-0.25, -0.2) is 4.98 Å². The highest BCUT2D eigenvalue weighted by Gasteiger charge is 2.14. The zero-order valence-electron chi connectivity index (χ0n) is 15.1. The van der Waals surface area contributed by atoms with E-state index in [1.165, 1.54) is 0 Å². The third-order valence-electron chi connectivity index (χ3n) is 4.14. The standard InChI is InChI=1S/C21H12Cl3N3O2S/c22-12-4-1-3-11(9-12)20-26-16-10-13(7-8-17(16)29-20)25-21(30)27-19(28)14-5-2-6-15(23)18(14)24/h1-10H,(H2,25,27,28,30). The van der Waals surface area contributed by atoms with Gasteiger partial charge in [0, 0.05) is 16.3 Å². The van der Waals surface area contributed by atoms with Crippen molar-refractivity contribution < 1.29 is 9.21 Å². The maximum absolute atomic E-state index is 12.4. The molecule has 0 radical (unpaired) electrons. The molecule has 0 spiro atoms. The van der Waals surface area contributed by atoms with Crippen molar-refractivity contribution >= 4 is 74.8 Å². The van der Waals surface area contributed by atoms with Crippen LogP contribution in [-0.2, 0) is 0 Å². The lowest BCUT2D eigenvalue weighted by Gasteiger charge is -2.10. The van der Waals surface area contributed by atoms with Crippen LogP contribution in [-0.4, -0.2) is 16.0 Å². The van der Waals surface area contributed by atoms with E-state index < -0.39 is 5.91 Å². The minimum absolute atomic E-state index is 0.106. The highest BCUT2D eigenvalue weighted by molar-refractivity contribution is 7.80. The highest BCUT2D eigenvalue weighted by Crippen LogP contribution is 2.28. The third kappa shape index (κ3) is 4.42. The van der Waals surface area contributed by atoms with Crippen molar-refractivity contribution in [2.24, 2.45) is 0 Å². The second-order valence-corrected chi connectivity index (χ2v) is 7.85. The number of benzene rings is 3. The molecular formula is C21H12Cl3N3O2S. The third-order valence-corrected chi connectivity index (χ3v) is 5.40. The molecule has 3 aromatic carbocycles. The first-order valence-corrected chi connectivity index (χ1v) is 10.2. The summed E-state index contributed by atoms with van der Waals surface area (Å²) in [4.78, 5) is 16.9. The van der Waals surface area contributed by atoms with Gasteiger partial charge in [-0.05, 0) is 60.7 Å². The van der Waals surface area contributed by atoms with Crippen molar-refractivity contribution in [2.45, 2.75) is 0 Å². The quantitative estimate of drug-likeness (QED) is 0.327. The fourth-order valence-electron chi connectivity index (χ4n) is 2.76. The van der Waals surface area contributed by atoms with E-state index >= 15 is 0 Å². The van der Waals surface area contributed by atoms with Crippen LogP contribution in [0, 0.1) is 0 Å². The first-order valence-electron chi connectivity index (χ1n) is 8.63. The Morgan fingerprint density at radius 3 is 2.60 bits per heavy atom. The summed E-state index contributed by atoms with van der Waals surface area (Å²) in [5.74, 6) is -0.0121. The van der Waals surface area contributed by atoms with Gasteiger partial charge < -0.3 is 9.73 Å². The molecule has 0 aliphatic heterocycles. The van der Waals surface area contributed by atoms with Crippen LogP contribution < -0.4 is 10.6 Å². The number of nitrogens with zero attached hydrogens (tertiary/aromatic N) is 1. The molecule has 1 amide bonds. The molecule has 0 atom stereocenters. The molecule has 0 saturated carbocycles. The van der Waals surface area contributed by atoms with Gasteiger partial charge >= 0.3 is 0 Å². The molecule has 1 heterocycles. The van der Waals surface area contributed by atoms with E-state index in [4.69, 9.17) is 51.4 Å². The Hall–Kier alpha value is -2.64. The highest BCUT2D eigenvalue weighted by atomic mass is 35.5. The number of carbonyl (C=O) groups is 1. The van der Waals surface area contributed by atoms with Crippen molar-refractivity contribution in [3.8, 4) is 11.5 Å².